The molecule has 36 heavy (non-hydrogen) atoms. The molecule has 190 valence electrons. The number of benzene rings is 1. The third-order valence-corrected chi connectivity index (χ3v) is 8.16. The van der Waals surface area contributed by atoms with Crippen molar-refractivity contribution in [3.63, 3.8) is 0 Å². The number of hydrogen-bond donors (Lipinski definition) is 4. The van der Waals surface area contributed by atoms with Gasteiger partial charge in [-0.2, -0.15) is 5.26 Å². The number of hydrogen-bond acceptors (Lipinski definition) is 6. The Balaban J connectivity index is 1.76. The highest BCUT2D eigenvalue weighted by molar-refractivity contribution is 5.84. The molecule has 0 saturated carbocycles. The third kappa shape index (κ3) is 4.84. The van der Waals surface area contributed by atoms with Gasteiger partial charge in [0.2, 0.25) is 0 Å². The van der Waals surface area contributed by atoms with Crippen LogP contribution in [0.2, 0.25) is 0 Å². The predicted octanol–water partition coefficient (Wildman–Crippen LogP) is 5.12. The summed E-state index contributed by atoms with van der Waals surface area (Å²) in [4.78, 5) is 2.63. The van der Waals surface area contributed by atoms with E-state index in [1.54, 1.807) is 6.08 Å². The van der Waals surface area contributed by atoms with Gasteiger partial charge in [-0.05, 0) is 102 Å². The summed E-state index contributed by atoms with van der Waals surface area (Å²) < 4.78 is 0. The summed E-state index contributed by atoms with van der Waals surface area (Å²) >= 11 is 0. The van der Waals surface area contributed by atoms with Gasteiger partial charge in [0.05, 0.1) is 5.57 Å². The van der Waals surface area contributed by atoms with Crippen LogP contribution in [0.3, 0.4) is 0 Å². The van der Waals surface area contributed by atoms with Crippen LogP contribution in [0.5, 0.6) is 0 Å². The molecule has 1 atom stereocenters. The molecule has 3 aliphatic rings. The second-order valence-electron chi connectivity index (χ2n) is 12.0. The molecule has 1 aliphatic carbocycles. The molecule has 0 radical (unpaired) electrons. The van der Waals surface area contributed by atoms with E-state index in [1.807, 2.05) is 6.08 Å². The van der Waals surface area contributed by atoms with Gasteiger partial charge in [0, 0.05) is 24.0 Å². The van der Waals surface area contributed by atoms with Gasteiger partial charge in [-0.1, -0.05) is 39.0 Å². The lowest BCUT2D eigenvalue weighted by Crippen LogP contribution is -2.59. The molecule has 4 rings (SSSR count). The minimum Gasteiger partial charge on any atom is -0.366 e. The molecule has 6 heteroatoms. The van der Waals surface area contributed by atoms with Crippen LogP contribution in [0.25, 0.3) is 6.08 Å². The maximum atomic E-state index is 9.53. The number of anilines is 1. The normalized spacial score (nSPS) is 24.3. The van der Waals surface area contributed by atoms with Crippen LogP contribution in [0, 0.1) is 16.7 Å². The van der Waals surface area contributed by atoms with Crippen LogP contribution in [-0.2, 0) is 5.41 Å². The topological polar surface area (TPSA) is 129 Å². The average Bonchev–Trinajstić information content (AvgIpc) is 3.00. The first-order valence-corrected chi connectivity index (χ1v) is 12.8. The summed E-state index contributed by atoms with van der Waals surface area (Å²) in [5.41, 5.74) is 26.3. The molecule has 2 aliphatic heterocycles. The van der Waals surface area contributed by atoms with Gasteiger partial charge in [-0.15, -0.1) is 0 Å². The second-order valence-corrected chi connectivity index (χ2v) is 12.0. The lowest BCUT2D eigenvalue weighted by Gasteiger charge is -2.53. The second kappa shape index (κ2) is 9.15. The fourth-order valence-corrected chi connectivity index (χ4v) is 6.05. The SMILES string of the molecule is CC1CC(C)(C)N2CCC(C)(C)c3cc(/C=C/C4=CC(=C(/C#N)C=N)/C=C(C(N)(N)N)CC4)cc1c32. The minimum absolute atomic E-state index is 0.117. The lowest BCUT2D eigenvalue weighted by atomic mass is 9.69. The van der Waals surface area contributed by atoms with Gasteiger partial charge in [0.25, 0.3) is 0 Å². The fraction of sp³-hybridized carbons (Fsp3) is 0.467. The van der Waals surface area contributed by atoms with Gasteiger partial charge < -0.3 is 10.3 Å². The highest BCUT2D eigenvalue weighted by Gasteiger charge is 2.43. The number of allylic oxidation sites excluding steroid dienone is 6. The Labute approximate surface area is 215 Å². The van der Waals surface area contributed by atoms with Crippen molar-refractivity contribution in [2.75, 3.05) is 11.4 Å². The molecule has 0 spiro atoms. The summed E-state index contributed by atoms with van der Waals surface area (Å²) in [7, 11) is 0. The summed E-state index contributed by atoms with van der Waals surface area (Å²) in [5.74, 6) is -0.980. The summed E-state index contributed by atoms with van der Waals surface area (Å²) in [6.07, 6.45) is 12.6. The van der Waals surface area contributed by atoms with Gasteiger partial charge >= 0.3 is 0 Å². The van der Waals surface area contributed by atoms with E-state index in [9.17, 15) is 5.26 Å². The van der Waals surface area contributed by atoms with Crippen LogP contribution in [0.1, 0.15) is 82.9 Å². The zero-order valence-corrected chi connectivity index (χ0v) is 22.3. The van der Waals surface area contributed by atoms with Crippen LogP contribution < -0.4 is 22.1 Å². The van der Waals surface area contributed by atoms with Crippen molar-refractivity contribution >= 4 is 18.0 Å². The Bertz CT molecular complexity index is 1240. The number of nitriles is 1. The molecule has 0 saturated heterocycles. The molecule has 0 fully saturated rings. The van der Waals surface area contributed by atoms with E-state index >= 15 is 0 Å². The van der Waals surface area contributed by atoms with Gasteiger partial charge in [-0.25, -0.2) is 0 Å². The van der Waals surface area contributed by atoms with Gasteiger partial charge in [0.15, 0.2) is 0 Å². The van der Waals surface area contributed by atoms with Crippen molar-refractivity contribution in [1.29, 1.82) is 10.7 Å². The summed E-state index contributed by atoms with van der Waals surface area (Å²) in [5, 5.41) is 17.2. The fourth-order valence-electron chi connectivity index (χ4n) is 6.05. The molecule has 0 aromatic heterocycles. The van der Waals surface area contributed by atoms with E-state index in [1.165, 1.54) is 22.4 Å². The molecule has 7 N–H and O–H groups in total. The molecule has 0 bridgehead atoms. The Morgan fingerprint density at radius 1 is 1.14 bits per heavy atom. The van der Waals surface area contributed by atoms with E-state index in [0.29, 0.717) is 29.9 Å². The highest BCUT2D eigenvalue weighted by atomic mass is 15.2. The Kier molecular flexibility index (Phi) is 6.63. The van der Waals surface area contributed by atoms with E-state index in [0.717, 1.165) is 31.2 Å². The summed E-state index contributed by atoms with van der Waals surface area (Å²) in [6, 6.07) is 6.80. The standard InChI is InChI=1S/C30H40N6/c1-19-16-29(4,5)36-11-10-28(2,3)26-14-21(13-25(19)27(26)36)7-6-20-8-9-24(30(33,34)35)15-22(12-20)23(17-31)18-32/h6-7,12-15,17,19,31H,8-11,16,33-35H2,1-5H3/b7-6+,23-22-,31-17?. The average molecular weight is 485 g/mol. The Morgan fingerprint density at radius 3 is 2.50 bits per heavy atom. The Hall–Kier alpha value is -2.98. The number of nitrogens with two attached hydrogens (primary N) is 3. The maximum absolute atomic E-state index is 9.53. The monoisotopic (exact) mass is 484 g/mol. The molecule has 6 nitrogen and oxygen atoms in total. The number of nitrogens with zero attached hydrogens (tertiary/aromatic N) is 2. The molecule has 0 amide bonds. The van der Waals surface area contributed by atoms with E-state index in [4.69, 9.17) is 22.6 Å². The van der Waals surface area contributed by atoms with Crippen LogP contribution in [-0.4, -0.2) is 24.1 Å². The molecular weight excluding hydrogens is 444 g/mol. The zero-order chi connectivity index (χ0) is 26.5. The first-order valence-electron chi connectivity index (χ1n) is 12.8. The van der Waals surface area contributed by atoms with Crippen LogP contribution in [0.4, 0.5) is 5.69 Å². The smallest absolute Gasteiger partial charge is 0.139 e. The van der Waals surface area contributed by atoms with Crippen molar-refractivity contribution in [2.45, 2.75) is 83.0 Å². The predicted molar refractivity (Wildman–Crippen MR) is 150 cm³/mol. The molecule has 1 aromatic carbocycles. The molecule has 2 heterocycles. The quantitative estimate of drug-likeness (QED) is 0.268. The first kappa shape index (κ1) is 26.1. The van der Waals surface area contributed by atoms with Crippen molar-refractivity contribution in [2.24, 2.45) is 17.2 Å². The van der Waals surface area contributed by atoms with Gasteiger partial charge in [-0.3, -0.25) is 17.2 Å². The third-order valence-electron chi connectivity index (χ3n) is 8.16. The number of rotatable bonds is 4. The largest absolute Gasteiger partial charge is 0.366 e. The molecule has 1 unspecified atom stereocenters. The minimum atomic E-state index is -1.47. The molecule has 1 aromatic rings. The van der Waals surface area contributed by atoms with E-state index in [-0.39, 0.29) is 16.5 Å². The van der Waals surface area contributed by atoms with Crippen molar-refractivity contribution < 1.29 is 0 Å². The van der Waals surface area contributed by atoms with Gasteiger partial charge in [0.1, 0.15) is 11.9 Å². The van der Waals surface area contributed by atoms with Crippen molar-refractivity contribution in [3.8, 4) is 6.07 Å². The first-order chi connectivity index (χ1) is 16.8. The molecular formula is C30H40N6. The van der Waals surface area contributed by atoms with Crippen molar-refractivity contribution in [1.82, 2.24) is 0 Å². The van der Waals surface area contributed by atoms with Crippen LogP contribution in [0.15, 0.2) is 52.7 Å². The van der Waals surface area contributed by atoms with E-state index in [2.05, 4.69) is 69.9 Å². The van der Waals surface area contributed by atoms with E-state index < -0.39 is 5.79 Å². The lowest BCUT2D eigenvalue weighted by molar-refractivity contribution is 0.335. The Morgan fingerprint density at radius 2 is 1.86 bits per heavy atom. The highest BCUT2D eigenvalue weighted by Crippen LogP contribution is 2.52. The van der Waals surface area contributed by atoms with Crippen LogP contribution >= 0.6 is 0 Å². The summed E-state index contributed by atoms with van der Waals surface area (Å²) in [6.45, 7) is 12.9. The van der Waals surface area contributed by atoms with Crippen molar-refractivity contribution in [3.05, 3.63) is 69.3 Å². The zero-order valence-electron chi connectivity index (χ0n) is 22.3. The number of nitrogens with one attached hydrogen (secondary N) is 1. The maximum Gasteiger partial charge on any atom is 0.139 e.